The Hall–Kier alpha value is -1.91. The fourth-order valence-corrected chi connectivity index (χ4v) is 1.52. The van der Waals surface area contributed by atoms with Gasteiger partial charge in [-0.15, -0.1) is 0 Å². The number of ether oxygens (including phenoxy) is 1. The van der Waals surface area contributed by atoms with Crippen LogP contribution >= 0.6 is 0 Å². The fourth-order valence-electron chi connectivity index (χ4n) is 1.52. The molecule has 0 spiro atoms. The molecule has 2 heterocycles. The van der Waals surface area contributed by atoms with Crippen LogP contribution in [0.5, 0.6) is 0 Å². The number of rotatable bonds is 3. The molecule has 2 rings (SSSR count). The van der Waals surface area contributed by atoms with Crippen LogP contribution in [-0.4, -0.2) is 27.5 Å². The highest BCUT2D eigenvalue weighted by atomic mass is 16.5. The van der Waals surface area contributed by atoms with E-state index in [0.29, 0.717) is 18.1 Å². The molecule has 2 aromatic heterocycles. The smallest absolute Gasteiger partial charge is 0.313 e. The summed E-state index contributed by atoms with van der Waals surface area (Å²) < 4.78 is 4.85. The summed E-state index contributed by atoms with van der Waals surface area (Å²) in [6.45, 7) is 4.13. The van der Waals surface area contributed by atoms with Gasteiger partial charge in [0.05, 0.1) is 12.1 Å². The van der Waals surface area contributed by atoms with E-state index < -0.39 is 0 Å². The van der Waals surface area contributed by atoms with Gasteiger partial charge in [0.25, 0.3) is 0 Å². The van der Waals surface area contributed by atoms with E-state index in [2.05, 4.69) is 15.0 Å². The molecule has 5 nitrogen and oxygen atoms in total. The standard InChI is InChI=1S/C11H13N3O2/c1-3-16-9(15)6-8-13-10-7(2)4-5-12-11(10)14-8/h4-5H,3,6H2,1-2H3,(H,12,13,14). The second kappa shape index (κ2) is 4.30. The number of aromatic nitrogens is 3. The maximum absolute atomic E-state index is 11.3. The van der Waals surface area contributed by atoms with E-state index in [1.807, 2.05) is 13.0 Å². The molecule has 0 fully saturated rings. The predicted molar refractivity (Wildman–Crippen MR) is 59.0 cm³/mol. The van der Waals surface area contributed by atoms with E-state index in [1.54, 1.807) is 13.1 Å². The average molecular weight is 219 g/mol. The molecular formula is C11H13N3O2. The molecular weight excluding hydrogens is 206 g/mol. The molecule has 0 aliphatic heterocycles. The third-order valence-corrected chi connectivity index (χ3v) is 2.27. The van der Waals surface area contributed by atoms with Crippen LogP contribution in [0, 0.1) is 6.92 Å². The van der Waals surface area contributed by atoms with Gasteiger partial charge in [0.15, 0.2) is 5.65 Å². The Morgan fingerprint density at radius 1 is 1.56 bits per heavy atom. The number of hydrogen-bond donors (Lipinski definition) is 1. The molecule has 0 aliphatic carbocycles. The number of carbonyl (C=O) groups is 1. The van der Waals surface area contributed by atoms with Crippen LogP contribution in [0.2, 0.25) is 0 Å². The maximum atomic E-state index is 11.3. The topological polar surface area (TPSA) is 67.9 Å². The van der Waals surface area contributed by atoms with Crippen molar-refractivity contribution in [2.45, 2.75) is 20.3 Å². The van der Waals surface area contributed by atoms with Gasteiger partial charge in [0.1, 0.15) is 12.2 Å². The van der Waals surface area contributed by atoms with Crippen LogP contribution in [0.25, 0.3) is 11.2 Å². The Balaban J connectivity index is 2.26. The van der Waals surface area contributed by atoms with Crippen LogP contribution < -0.4 is 0 Å². The minimum Gasteiger partial charge on any atom is -0.466 e. The van der Waals surface area contributed by atoms with Gasteiger partial charge < -0.3 is 9.72 Å². The second-order valence-electron chi connectivity index (χ2n) is 3.49. The van der Waals surface area contributed by atoms with Gasteiger partial charge in [-0.2, -0.15) is 0 Å². The minimum absolute atomic E-state index is 0.156. The molecule has 16 heavy (non-hydrogen) atoms. The lowest BCUT2D eigenvalue weighted by Gasteiger charge is -1.97. The van der Waals surface area contributed by atoms with Crippen LogP contribution in [0.4, 0.5) is 0 Å². The lowest BCUT2D eigenvalue weighted by atomic mass is 10.3. The third-order valence-electron chi connectivity index (χ3n) is 2.27. The Labute approximate surface area is 92.9 Å². The van der Waals surface area contributed by atoms with E-state index in [4.69, 9.17) is 4.74 Å². The maximum Gasteiger partial charge on any atom is 0.313 e. The first-order valence-corrected chi connectivity index (χ1v) is 5.16. The van der Waals surface area contributed by atoms with Gasteiger partial charge in [0, 0.05) is 6.20 Å². The summed E-state index contributed by atoms with van der Waals surface area (Å²) in [6.07, 6.45) is 1.86. The van der Waals surface area contributed by atoms with Crippen molar-refractivity contribution >= 4 is 17.1 Å². The highest BCUT2D eigenvalue weighted by Crippen LogP contribution is 2.13. The van der Waals surface area contributed by atoms with Crippen molar-refractivity contribution < 1.29 is 9.53 Å². The van der Waals surface area contributed by atoms with Crippen molar-refractivity contribution in [2.24, 2.45) is 0 Å². The van der Waals surface area contributed by atoms with Crippen LogP contribution in [0.15, 0.2) is 12.3 Å². The van der Waals surface area contributed by atoms with Gasteiger partial charge >= 0.3 is 5.97 Å². The number of nitrogens with one attached hydrogen (secondary N) is 1. The number of hydrogen-bond acceptors (Lipinski definition) is 4. The third kappa shape index (κ3) is 2.03. The summed E-state index contributed by atoms with van der Waals surface area (Å²) in [5.74, 6) is 0.314. The van der Waals surface area contributed by atoms with E-state index in [1.165, 1.54) is 0 Å². The van der Waals surface area contributed by atoms with Gasteiger partial charge in [0.2, 0.25) is 0 Å². The summed E-state index contributed by atoms with van der Waals surface area (Å²) in [7, 11) is 0. The van der Waals surface area contributed by atoms with Gasteiger partial charge in [-0.05, 0) is 25.5 Å². The molecule has 0 saturated heterocycles. The summed E-state index contributed by atoms with van der Waals surface area (Å²) in [5.41, 5.74) is 2.58. The quantitative estimate of drug-likeness (QED) is 0.792. The first-order valence-electron chi connectivity index (χ1n) is 5.16. The lowest BCUT2D eigenvalue weighted by Crippen LogP contribution is -2.08. The van der Waals surface area contributed by atoms with Crippen molar-refractivity contribution in [1.82, 2.24) is 15.0 Å². The Kier molecular flexibility index (Phi) is 2.85. The first kappa shape index (κ1) is 10.6. The highest BCUT2D eigenvalue weighted by molar-refractivity contribution is 5.77. The largest absolute Gasteiger partial charge is 0.466 e. The zero-order chi connectivity index (χ0) is 11.5. The van der Waals surface area contributed by atoms with Crippen molar-refractivity contribution in [3.05, 3.63) is 23.7 Å². The molecule has 84 valence electrons. The molecule has 0 saturated carbocycles. The zero-order valence-electron chi connectivity index (χ0n) is 9.28. The van der Waals surface area contributed by atoms with Crippen LogP contribution in [0.3, 0.4) is 0 Å². The first-order chi connectivity index (χ1) is 7.70. The van der Waals surface area contributed by atoms with E-state index in [9.17, 15) is 4.79 Å². The van der Waals surface area contributed by atoms with Crippen molar-refractivity contribution in [3.8, 4) is 0 Å². The Morgan fingerprint density at radius 2 is 2.38 bits per heavy atom. The second-order valence-corrected chi connectivity index (χ2v) is 3.49. The molecule has 2 aromatic rings. The number of H-pyrrole nitrogens is 1. The number of aromatic amines is 1. The number of imidazole rings is 1. The van der Waals surface area contributed by atoms with Crippen LogP contribution in [-0.2, 0) is 16.0 Å². The molecule has 1 N–H and O–H groups in total. The van der Waals surface area contributed by atoms with Crippen molar-refractivity contribution in [1.29, 1.82) is 0 Å². The Bertz CT molecular complexity index is 519. The predicted octanol–water partition coefficient (Wildman–Crippen LogP) is 1.37. The molecule has 0 unspecified atom stereocenters. The highest BCUT2D eigenvalue weighted by Gasteiger charge is 2.10. The monoisotopic (exact) mass is 219 g/mol. The number of nitrogens with zero attached hydrogens (tertiary/aromatic N) is 2. The van der Waals surface area contributed by atoms with Gasteiger partial charge in [-0.1, -0.05) is 0 Å². The Morgan fingerprint density at radius 3 is 3.06 bits per heavy atom. The molecule has 0 aliphatic rings. The van der Waals surface area contributed by atoms with Crippen LogP contribution in [0.1, 0.15) is 18.3 Å². The van der Waals surface area contributed by atoms with E-state index in [0.717, 1.165) is 11.1 Å². The molecule has 5 heteroatoms. The fraction of sp³-hybridized carbons (Fsp3) is 0.364. The number of esters is 1. The average Bonchev–Trinajstić information content (AvgIpc) is 2.62. The zero-order valence-corrected chi connectivity index (χ0v) is 9.28. The number of pyridine rings is 1. The summed E-state index contributed by atoms with van der Waals surface area (Å²) in [6, 6.07) is 1.90. The number of fused-ring (bicyclic) bond motifs is 1. The van der Waals surface area contributed by atoms with E-state index in [-0.39, 0.29) is 12.4 Å². The number of aryl methyl sites for hydroxylation is 1. The van der Waals surface area contributed by atoms with Gasteiger partial charge in [-0.3, -0.25) is 4.79 Å². The summed E-state index contributed by atoms with van der Waals surface area (Å²) in [4.78, 5) is 22.7. The normalized spacial score (nSPS) is 10.6. The van der Waals surface area contributed by atoms with Crippen molar-refractivity contribution in [3.63, 3.8) is 0 Å². The molecule has 0 radical (unpaired) electrons. The summed E-state index contributed by atoms with van der Waals surface area (Å²) >= 11 is 0. The van der Waals surface area contributed by atoms with Gasteiger partial charge in [-0.25, -0.2) is 9.97 Å². The summed E-state index contributed by atoms with van der Waals surface area (Å²) in [5, 5.41) is 0. The van der Waals surface area contributed by atoms with E-state index >= 15 is 0 Å². The lowest BCUT2D eigenvalue weighted by molar-refractivity contribution is -0.142. The minimum atomic E-state index is -0.279. The van der Waals surface area contributed by atoms with Crippen molar-refractivity contribution in [2.75, 3.05) is 6.61 Å². The molecule has 0 atom stereocenters. The molecule has 0 bridgehead atoms. The molecule has 0 aromatic carbocycles. The number of carbonyl (C=O) groups excluding carboxylic acids is 1. The molecule has 0 amide bonds. The SMILES string of the molecule is CCOC(=O)Cc1nc2nccc(C)c2[nH]1.